The Bertz CT molecular complexity index is 832. The number of urea groups is 1. The van der Waals surface area contributed by atoms with Gasteiger partial charge in [-0.2, -0.15) is 0 Å². The van der Waals surface area contributed by atoms with E-state index in [4.69, 9.17) is 9.72 Å². The SMILES string of the molecule is O=C(Nc1ccc(-c2csc(N3CCOCC3)n2)cc1)NC1CC2(CCC2)C1. The summed E-state index contributed by atoms with van der Waals surface area (Å²) in [6.45, 7) is 3.32. The fourth-order valence-corrected chi connectivity index (χ4v) is 5.43. The predicted octanol–water partition coefficient (Wildman–Crippen LogP) is 4.10. The molecule has 3 aliphatic rings. The number of nitrogens with one attached hydrogen (secondary N) is 2. The molecule has 2 saturated carbocycles. The Labute approximate surface area is 169 Å². The maximum Gasteiger partial charge on any atom is 0.319 e. The monoisotopic (exact) mass is 398 g/mol. The Morgan fingerprint density at radius 1 is 1.18 bits per heavy atom. The zero-order valence-electron chi connectivity index (χ0n) is 15.9. The number of ether oxygens (including phenoxy) is 1. The second-order valence-corrected chi connectivity index (χ2v) is 9.09. The van der Waals surface area contributed by atoms with E-state index in [9.17, 15) is 4.79 Å². The van der Waals surface area contributed by atoms with E-state index < -0.39 is 0 Å². The lowest BCUT2D eigenvalue weighted by Gasteiger charge is -2.54. The molecule has 0 unspecified atom stereocenters. The van der Waals surface area contributed by atoms with Crippen LogP contribution >= 0.6 is 11.3 Å². The van der Waals surface area contributed by atoms with Crippen LogP contribution in [0.15, 0.2) is 29.6 Å². The number of hydrogen-bond acceptors (Lipinski definition) is 5. The molecule has 148 valence electrons. The summed E-state index contributed by atoms with van der Waals surface area (Å²) >= 11 is 1.67. The van der Waals surface area contributed by atoms with Crippen molar-refractivity contribution in [3.05, 3.63) is 29.6 Å². The smallest absolute Gasteiger partial charge is 0.319 e. The maximum atomic E-state index is 12.2. The van der Waals surface area contributed by atoms with Gasteiger partial charge in [-0.05, 0) is 43.2 Å². The highest BCUT2D eigenvalue weighted by Gasteiger charge is 2.48. The lowest BCUT2D eigenvalue weighted by molar-refractivity contribution is 0.00286. The van der Waals surface area contributed by atoms with E-state index in [-0.39, 0.29) is 6.03 Å². The van der Waals surface area contributed by atoms with Gasteiger partial charge in [-0.25, -0.2) is 9.78 Å². The molecular weight excluding hydrogens is 372 g/mol. The molecule has 2 aliphatic carbocycles. The standard InChI is InChI=1S/C21H26N4O2S/c26-19(23-17-12-21(13-17)6-1-7-21)22-16-4-2-15(3-5-16)18-14-28-20(24-18)25-8-10-27-11-9-25/h2-5,14,17H,1,6-13H2,(H2,22,23,26). The van der Waals surface area contributed by atoms with Crippen molar-refractivity contribution in [2.75, 3.05) is 36.5 Å². The molecule has 1 aliphatic heterocycles. The van der Waals surface area contributed by atoms with Crippen molar-refractivity contribution in [2.24, 2.45) is 5.41 Å². The molecule has 7 heteroatoms. The minimum atomic E-state index is -0.102. The van der Waals surface area contributed by atoms with Gasteiger partial charge in [0.25, 0.3) is 0 Å². The molecule has 5 rings (SSSR count). The lowest BCUT2D eigenvalue weighted by Crippen LogP contribution is -2.54. The first-order chi connectivity index (χ1) is 13.7. The molecule has 1 saturated heterocycles. The average molecular weight is 399 g/mol. The summed E-state index contributed by atoms with van der Waals surface area (Å²) in [5, 5.41) is 9.18. The topological polar surface area (TPSA) is 66.5 Å². The van der Waals surface area contributed by atoms with E-state index in [1.54, 1.807) is 11.3 Å². The van der Waals surface area contributed by atoms with Crippen molar-refractivity contribution in [1.82, 2.24) is 10.3 Å². The van der Waals surface area contributed by atoms with Crippen LogP contribution in [-0.2, 0) is 4.74 Å². The van der Waals surface area contributed by atoms with Crippen molar-refractivity contribution in [2.45, 2.75) is 38.1 Å². The highest BCUT2D eigenvalue weighted by molar-refractivity contribution is 7.14. The lowest BCUT2D eigenvalue weighted by atomic mass is 9.54. The molecule has 1 aromatic carbocycles. The van der Waals surface area contributed by atoms with Gasteiger partial charge in [-0.15, -0.1) is 11.3 Å². The van der Waals surface area contributed by atoms with Gasteiger partial charge in [0.1, 0.15) is 0 Å². The number of benzene rings is 1. The number of amides is 2. The van der Waals surface area contributed by atoms with Gasteiger partial charge in [0.2, 0.25) is 0 Å². The number of anilines is 2. The molecule has 2 N–H and O–H groups in total. The molecule has 28 heavy (non-hydrogen) atoms. The molecule has 0 atom stereocenters. The van der Waals surface area contributed by atoms with Gasteiger partial charge in [0.15, 0.2) is 5.13 Å². The summed E-state index contributed by atoms with van der Waals surface area (Å²) in [6, 6.07) is 8.15. The highest BCUT2D eigenvalue weighted by Crippen LogP contribution is 2.55. The first kappa shape index (κ1) is 17.9. The third-order valence-electron chi connectivity index (χ3n) is 6.32. The Balaban J connectivity index is 1.15. The summed E-state index contributed by atoms with van der Waals surface area (Å²) < 4.78 is 5.41. The zero-order chi connectivity index (χ0) is 19.0. The van der Waals surface area contributed by atoms with Crippen LogP contribution in [0.2, 0.25) is 0 Å². The molecule has 6 nitrogen and oxygen atoms in total. The average Bonchev–Trinajstić information content (AvgIpc) is 3.14. The third kappa shape index (κ3) is 3.61. The Morgan fingerprint density at radius 2 is 1.93 bits per heavy atom. The van der Waals surface area contributed by atoms with Gasteiger partial charge >= 0.3 is 6.03 Å². The fourth-order valence-electron chi connectivity index (χ4n) is 4.55. The second kappa shape index (κ2) is 7.37. The predicted molar refractivity (Wildman–Crippen MR) is 112 cm³/mol. The van der Waals surface area contributed by atoms with Crippen molar-refractivity contribution >= 4 is 28.2 Å². The molecule has 3 fully saturated rings. The quantitative estimate of drug-likeness (QED) is 0.814. The van der Waals surface area contributed by atoms with E-state index >= 15 is 0 Å². The first-order valence-electron chi connectivity index (χ1n) is 10.2. The van der Waals surface area contributed by atoms with Gasteiger partial charge in [0, 0.05) is 35.8 Å². The summed E-state index contributed by atoms with van der Waals surface area (Å²) in [4.78, 5) is 19.3. The van der Waals surface area contributed by atoms with Crippen LogP contribution in [0.4, 0.5) is 15.6 Å². The normalized spacial score (nSPS) is 21.1. The van der Waals surface area contributed by atoms with E-state index in [2.05, 4.69) is 20.9 Å². The van der Waals surface area contributed by atoms with E-state index in [1.807, 2.05) is 24.3 Å². The highest BCUT2D eigenvalue weighted by atomic mass is 32.1. The van der Waals surface area contributed by atoms with Crippen LogP contribution in [0, 0.1) is 5.41 Å². The molecule has 0 radical (unpaired) electrons. The summed E-state index contributed by atoms with van der Waals surface area (Å²) in [5.74, 6) is 0. The number of carbonyl (C=O) groups excluding carboxylic acids is 1. The zero-order valence-corrected chi connectivity index (χ0v) is 16.8. The van der Waals surface area contributed by atoms with Crippen LogP contribution in [-0.4, -0.2) is 43.4 Å². The van der Waals surface area contributed by atoms with Gasteiger partial charge in [-0.1, -0.05) is 18.6 Å². The van der Waals surface area contributed by atoms with E-state index in [1.165, 1.54) is 19.3 Å². The molecule has 0 bridgehead atoms. The number of morpholine rings is 1. The number of thiazole rings is 1. The molecule has 1 aromatic heterocycles. The van der Waals surface area contributed by atoms with Crippen LogP contribution in [0.1, 0.15) is 32.1 Å². The van der Waals surface area contributed by atoms with Gasteiger partial charge in [0.05, 0.1) is 18.9 Å². The molecule has 2 aromatic rings. The summed E-state index contributed by atoms with van der Waals surface area (Å²) in [7, 11) is 0. The largest absolute Gasteiger partial charge is 0.378 e. The van der Waals surface area contributed by atoms with Crippen LogP contribution in [0.5, 0.6) is 0 Å². The second-order valence-electron chi connectivity index (χ2n) is 8.25. The third-order valence-corrected chi connectivity index (χ3v) is 7.22. The molecule has 2 heterocycles. The van der Waals surface area contributed by atoms with E-state index in [0.717, 1.165) is 61.2 Å². The summed E-state index contributed by atoms with van der Waals surface area (Å²) in [5.41, 5.74) is 3.42. The van der Waals surface area contributed by atoms with E-state index in [0.29, 0.717) is 11.5 Å². The van der Waals surface area contributed by atoms with Crippen molar-refractivity contribution in [3.63, 3.8) is 0 Å². The number of hydrogen-bond donors (Lipinski definition) is 2. The van der Waals surface area contributed by atoms with Crippen molar-refractivity contribution in [3.8, 4) is 11.3 Å². The fraction of sp³-hybridized carbons (Fsp3) is 0.524. The van der Waals surface area contributed by atoms with Gasteiger partial charge in [-0.3, -0.25) is 0 Å². The van der Waals surface area contributed by atoms with Crippen LogP contribution in [0.3, 0.4) is 0 Å². The van der Waals surface area contributed by atoms with Crippen LogP contribution in [0.25, 0.3) is 11.3 Å². The van der Waals surface area contributed by atoms with Crippen molar-refractivity contribution in [1.29, 1.82) is 0 Å². The molecule has 2 amide bonds. The maximum absolute atomic E-state index is 12.2. The minimum Gasteiger partial charge on any atom is -0.378 e. The minimum absolute atomic E-state index is 0.102. The number of aromatic nitrogens is 1. The Hall–Kier alpha value is -2.12. The Kier molecular flexibility index (Phi) is 4.72. The summed E-state index contributed by atoms with van der Waals surface area (Å²) in [6.07, 6.45) is 6.35. The number of rotatable bonds is 4. The van der Waals surface area contributed by atoms with Gasteiger partial charge < -0.3 is 20.3 Å². The Morgan fingerprint density at radius 3 is 2.61 bits per heavy atom. The number of nitrogens with zero attached hydrogens (tertiary/aromatic N) is 2. The number of carbonyl (C=O) groups is 1. The van der Waals surface area contributed by atoms with Crippen molar-refractivity contribution < 1.29 is 9.53 Å². The molecule has 1 spiro atoms. The van der Waals surface area contributed by atoms with Crippen LogP contribution < -0.4 is 15.5 Å². The molecular formula is C21H26N4O2S. The first-order valence-corrected chi connectivity index (χ1v) is 11.0.